The molecule has 6 nitrogen and oxygen atoms in total. The van der Waals surface area contributed by atoms with Gasteiger partial charge in [0.25, 0.3) is 0 Å². The third-order valence-corrected chi connectivity index (χ3v) is 6.10. The number of nitrogens with one attached hydrogen (secondary N) is 1. The summed E-state index contributed by atoms with van der Waals surface area (Å²) in [5.41, 5.74) is 1.74. The highest BCUT2D eigenvalue weighted by molar-refractivity contribution is 5.89. The number of esters is 1. The minimum Gasteiger partial charge on any atom is -0.462 e. The van der Waals surface area contributed by atoms with Gasteiger partial charge in [-0.05, 0) is 60.9 Å². The van der Waals surface area contributed by atoms with E-state index >= 15 is 0 Å². The molecule has 2 heterocycles. The highest BCUT2D eigenvalue weighted by Gasteiger charge is 2.41. The molecule has 1 atom stereocenters. The summed E-state index contributed by atoms with van der Waals surface area (Å²) in [7, 11) is 0. The van der Waals surface area contributed by atoms with Crippen LogP contribution in [-0.4, -0.2) is 27.3 Å². The van der Waals surface area contributed by atoms with Crippen molar-refractivity contribution in [3.63, 3.8) is 0 Å². The van der Waals surface area contributed by atoms with Gasteiger partial charge in [-0.2, -0.15) is 18.3 Å². The van der Waals surface area contributed by atoms with Crippen LogP contribution in [-0.2, 0) is 10.9 Å². The monoisotopic (exact) mass is 472 g/mol. The Morgan fingerprint density at radius 1 is 1.18 bits per heavy atom. The van der Waals surface area contributed by atoms with E-state index < -0.39 is 11.7 Å². The molecule has 1 aliphatic rings. The van der Waals surface area contributed by atoms with Gasteiger partial charge in [0.1, 0.15) is 0 Å². The number of anilines is 1. The maximum absolute atomic E-state index is 12.9. The molecule has 9 heteroatoms. The molecule has 34 heavy (non-hydrogen) atoms. The minimum absolute atomic E-state index is 0.00143. The van der Waals surface area contributed by atoms with Crippen molar-refractivity contribution in [1.82, 2.24) is 14.8 Å². The van der Waals surface area contributed by atoms with Crippen LogP contribution in [0.1, 0.15) is 61.1 Å². The Bertz CT molecular complexity index is 1130. The van der Waals surface area contributed by atoms with Gasteiger partial charge in [0.05, 0.1) is 41.9 Å². The summed E-state index contributed by atoms with van der Waals surface area (Å²) in [4.78, 5) is 16.3. The first kappa shape index (κ1) is 23.8. The molecule has 0 bridgehead atoms. The van der Waals surface area contributed by atoms with Crippen molar-refractivity contribution in [1.29, 1.82) is 0 Å². The number of pyridine rings is 1. The van der Waals surface area contributed by atoms with Gasteiger partial charge >= 0.3 is 12.1 Å². The second kappa shape index (κ2) is 9.12. The number of alkyl halides is 3. The zero-order valence-electron chi connectivity index (χ0n) is 19.3. The van der Waals surface area contributed by atoms with Crippen molar-refractivity contribution < 1.29 is 22.7 Å². The lowest BCUT2D eigenvalue weighted by atomic mass is 9.61. The molecule has 0 amide bonds. The number of benzene rings is 1. The number of halogens is 3. The molecule has 3 aromatic rings. The normalized spacial score (nSPS) is 16.5. The van der Waals surface area contributed by atoms with Crippen LogP contribution >= 0.6 is 0 Å². The fourth-order valence-corrected chi connectivity index (χ4v) is 4.49. The van der Waals surface area contributed by atoms with E-state index in [0.717, 1.165) is 41.2 Å². The summed E-state index contributed by atoms with van der Waals surface area (Å²) in [6.45, 7) is 6.56. The highest BCUT2D eigenvalue weighted by atomic mass is 19.4. The van der Waals surface area contributed by atoms with Crippen LogP contribution < -0.4 is 5.32 Å². The molecule has 180 valence electrons. The fraction of sp³-hybridized carbons (Fsp3) is 0.400. The van der Waals surface area contributed by atoms with Gasteiger partial charge in [0.2, 0.25) is 0 Å². The Labute approximate surface area is 196 Å². The molecule has 1 aliphatic carbocycles. The lowest BCUT2D eigenvalue weighted by Crippen LogP contribution is -2.38. The van der Waals surface area contributed by atoms with Gasteiger partial charge < -0.3 is 10.1 Å². The lowest BCUT2D eigenvalue weighted by molar-refractivity contribution is -0.137. The van der Waals surface area contributed by atoms with Crippen molar-refractivity contribution in [2.24, 2.45) is 11.3 Å². The Hall–Kier alpha value is -3.36. The number of carbonyl (C=O) groups excluding carboxylic acids is 1. The first-order valence-corrected chi connectivity index (χ1v) is 11.2. The van der Waals surface area contributed by atoms with Gasteiger partial charge in [-0.1, -0.05) is 26.0 Å². The average molecular weight is 473 g/mol. The largest absolute Gasteiger partial charge is 0.462 e. The molecule has 1 aromatic carbocycles. The zero-order valence-corrected chi connectivity index (χ0v) is 19.3. The summed E-state index contributed by atoms with van der Waals surface area (Å²) >= 11 is 0. The standard InChI is InChI=1S/C25H27F3N4O2/c1-4-34-23(33)17-7-5-16(6-8-17)22(18-11-24(2,3)12-18)31-20-9-10-21(29-14-20)32-15-19(13-30-32)25(26,27)28/h5-10,13-15,18,22,31H,4,11-12H2,1-3H3. The van der Waals surface area contributed by atoms with Gasteiger partial charge in [-0.25, -0.2) is 14.5 Å². The van der Waals surface area contributed by atoms with Crippen LogP contribution in [0.2, 0.25) is 0 Å². The van der Waals surface area contributed by atoms with Crippen LogP contribution in [0.15, 0.2) is 55.0 Å². The molecular formula is C25H27F3N4O2. The molecule has 0 saturated heterocycles. The molecule has 2 aromatic heterocycles. The van der Waals surface area contributed by atoms with Gasteiger partial charge in [0, 0.05) is 6.20 Å². The van der Waals surface area contributed by atoms with E-state index in [0.29, 0.717) is 23.9 Å². The number of carbonyl (C=O) groups is 1. The Morgan fingerprint density at radius 2 is 1.88 bits per heavy atom. The topological polar surface area (TPSA) is 69.0 Å². The van der Waals surface area contributed by atoms with Crippen molar-refractivity contribution >= 4 is 11.7 Å². The first-order valence-electron chi connectivity index (χ1n) is 11.2. The van der Waals surface area contributed by atoms with Crippen LogP contribution in [0.3, 0.4) is 0 Å². The minimum atomic E-state index is -4.45. The Balaban J connectivity index is 1.53. The number of hydrogen-bond donors (Lipinski definition) is 1. The number of hydrogen-bond acceptors (Lipinski definition) is 5. The SMILES string of the molecule is CCOC(=O)c1ccc(C(Nc2ccc(-n3cc(C(F)(F)F)cn3)nc2)C2CC(C)(C)C2)cc1. The lowest BCUT2D eigenvalue weighted by Gasteiger charge is -2.47. The van der Waals surface area contributed by atoms with Gasteiger partial charge in [-0.15, -0.1) is 0 Å². The molecule has 0 radical (unpaired) electrons. The maximum atomic E-state index is 12.9. The molecule has 0 spiro atoms. The van der Waals surface area contributed by atoms with E-state index in [1.807, 2.05) is 12.1 Å². The third-order valence-electron chi connectivity index (χ3n) is 6.10. The number of nitrogens with zero attached hydrogens (tertiary/aromatic N) is 3. The molecule has 0 aliphatic heterocycles. The van der Waals surface area contributed by atoms with Crippen LogP contribution in [0.5, 0.6) is 0 Å². The summed E-state index contributed by atoms with van der Waals surface area (Å²) in [5.74, 6) is 0.333. The van der Waals surface area contributed by atoms with Crippen molar-refractivity contribution in [3.05, 3.63) is 71.7 Å². The quantitative estimate of drug-likeness (QED) is 0.424. The predicted octanol–water partition coefficient (Wildman–Crippen LogP) is 6.05. The fourth-order valence-electron chi connectivity index (χ4n) is 4.49. The van der Waals surface area contributed by atoms with E-state index in [4.69, 9.17) is 4.74 Å². The smallest absolute Gasteiger partial charge is 0.419 e. The van der Waals surface area contributed by atoms with Crippen molar-refractivity contribution in [2.45, 2.75) is 45.8 Å². The number of ether oxygens (including phenoxy) is 1. The van der Waals surface area contributed by atoms with Crippen LogP contribution in [0.25, 0.3) is 5.82 Å². The van der Waals surface area contributed by atoms with Crippen molar-refractivity contribution in [3.8, 4) is 5.82 Å². The third kappa shape index (κ3) is 5.24. The molecule has 1 fully saturated rings. The van der Waals surface area contributed by atoms with E-state index in [1.54, 1.807) is 37.4 Å². The van der Waals surface area contributed by atoms with E-state index in [2.05, 4.69) is 29.2 Å². The summed E-state index contributed by atoms with van der Waals surface area (Å²) < 4.78 is 44.7. The molecule has 1 unspecified atom stereocenters. The van der Waals surface area contributed by atoms with Crippen LogP contribution in [0, 0.1) is 11.3 Å². The Morgan fingerprint density at radius 3 is 2.41 bits per heavy atom. The predicted molar refractivity (Wildman–Crippen MR) is 122 cm³/mol. The van der Waals surface area contributed by atoms with E-state index in [1.165, 1.54) is 0 Å². The Kier molecular flexibility index (Phi) is 6.38. The van der Waals surface area contributed by atoms with Gasteiger partial charge in [-0.3, -0.25) is 0 Å². The molecule has 1 saturated carbocycles. The molecule has 1 N–H and O–H groups in total. The van der Waals surface area contributed by atoms with E-state index in [9.17, 15) is 18.0 Å². The second-order valence-corrected chi connectivity index (χ2v) is 9.37. The van der Waals surface area contributed by atoms with E-state index in [-0.39, 0.29) is 17.4 Å². The zero-order chi connectivity index (χ0) is 24.5. The summed E-state index contributed by atoms with van der Waals surface area (Å²) in [6.07, 6.45) is 0.926. The summed E-state index contributed by atoms with van der Waals surface area (Å²) in [5, 5.41) is 7.30. The summed E-state index contributed by atoms with van der Waals surface area (Å²) in [6, 6.07) is 10.8. The highest BCUT2D eigenvalue weighted by Crippen LogP contribution is 2.51. The van der Waals surface area contributed by atoms with Gasteiger partial charge in [0.15, 0.2) is 5.82 Å². The molecular weight excluding hydrogens is 445 g/mol. The number of aromatic nitrogens is 3. The number of rotatable bonds is 7. The molecule has 4 rings (SSSR count). The maximum Gasteiger partial charge on any atom is 0.419 e. The first-order chi connectivity index (χ1) is 16.1. The van der Waals surface area contributed by atoms with Crippen molar-refractivity contribution in [2.75, 3.05) is 11.9 Å². The second-order valence-electron chi connectivity index (χ2n) is 9.37. The van der Waals surface area contributed by atoms with Crippen LogP contribution in [0.4, 0.5) is 18.9 Å². The average Bonchev–Trinajstić information content (AvgIpc) is 3.28.